The van der Waals surface area contributed by atoms with E-state index in [4.69, 9.17) is 5.73 Å². The fourth-order valence-electron chi connectivity index (χ4n) is 2.12. The van der Waals surface area contributed by atoms with Crippen LogP contribution in [0.15, 0.2) is 5.10 Å². The number of nitrogens with two attached hydrogens (primary N) is 1. The first-order chi connectivity index (χ1) is 6.59. The standard InChI is InChI=1S/C9H16N4O/c1-5-7(4-11-13(5)2)6-3-8(6)12-9(10)14/h4-8H,3H2,1-2H3,(H3,10,12,14)/t5?,6-,7?,8+/m1/s1. The van der Waals surface area contributed by atoms with Crippen molar-refractivity contribution in [2.45, 2.75) is 25.4 Å². The normalized spacial score (nSPS) is 40.0. The summed E-state index contributed by atoms with van der Waals surface area (Å²) in [5.41, 5.74) is 5.06. The van der Waals surface area contributed by atoms with Gasteiger partial charge in [0.25, 0.3) is 0 Å². The lowest BCUT2D eigenvalue weighted by Gasteiger charge is -2.19. The molecule has 2 amide bonds. The Morgan fingerprint density at radius 2 is 2.43 bits per heavy atom. The SMILES string of the molecule is CC1C([C@H]2C[C@@H]2NC(N)=O)C=NN1C. The van der Waals surface area contributed by atoms with Gasteiger partial charge in [-0.2, -0.15) is 5.10 Å². The molecule has 1 aliphatic heterocycles. The third-order valence-corrected chi connectivity index (χ3v) is 3.23. The minimum Gasteiger partial charge on any atom is -0.352 e. The van der Waals surface area contributed by atoms with Gasteiger partial charge in [0.05, 0.1) is 6.04 Å². The van der Waals surface area contributed by atoms with Crippen LogP contribution in [0.25, 0.3) is 0 Å². The van der Waals surface area contributed by atoms with Crippen LogP contribution in [0.2, 0.25) is 0 Å². The molecule has 14 heavy (non-hydrogen) atoms. The molecule has 2 unspecified atom stereocenters. The highest BCUT2D eigenvalue weighted by Crippen LogP contribution is 2.40. The van der Waals surface area contributed by atoms with Gasteiger partial charge in [-0.05, 0) is 19.3 Å². The second-order valence-corrected chi connectivity index (χ2v) is 4.17. The third-order valence-electron chi connectivity index (χ3n) is 3.23. The summed E-state index contributed by atoms with van der Waals surface area (Å²) in [7, 11) is 1.97. The first-order valence-electron chi connectivity index (χ1n) is 4.92. The van der Waals surface area contributed by atoms with Gasteiger partial charge >= 0.3 is 6.03 Å². The summed E-state index contributed by atoms with van der Waals surface area (Å²) in [6.45, 7) is 2.15. The second kappa shape index (κ2) is 3.15. The van der Waals surface area contributed by atoms with Crippen LogP contribution in [0.1, 0.15) is 13.3 Å². The van der Waals surface area contributed by atoms with E-state index in [1.54, 1.807) is 0 Å². The van der Waals surface area contributed by atoms with Crippen LogP contribution in [-0.2, 0) is 0 Å². The fraction of sp³-hybridized carbons (Fsp3) is 0.778. The van der Waals surface area contributed by atoms with E-state index in [2.05, 4.69) is 17.3 Å². The molecule has 2 aliphatic rings. The Balaban J connectivity index is 1.88. The number of hydrazone groups is 1. The zero-order valence-corrected chi connectivity index (χ0v) is 8.47. The Morgan fingerprint density at radius 1 is 1.71 bits per heavy atom. The largest absolute Gasteiger partial charge is 0.352 e. The molecule has 0 bridgehead atoms. The molecular formula is C9H16N4O. The van der Waals surface area contributed by atoms with Gasteiger partial charge in [-0.3, -0.25) is 5.01 Å². The van der Waals surface area contributed by atoms with Crippen molar-refractivity contribution >= 4 is 12.2 Å². The van der Waals surface area contributed by atoms with Gasteiger partial charge in [0.15, 0.2) is 0 Å². The molecule has 2 rings (SSSR count). The van der Waals surface area contributed by atoms with Crippen LogP contribution >= 0.6 is 0 Å². The number of nitrogens with zero attached hydrogens (tertiary/aromatic N) is 2. The van der Waals surface area contributed by atoms with E-state index in [0.29, 0.717) is 17.9 Å². The lowest BCUT2D eigenvalue weighted by Crippen LogP contribution is -2.35. The topological polar surface area (TPSA) is 70.7 Å². The van der Waals surface area contributed by atoms with Crippen molar-refractivity contribution in [1.29, 1.82) is 0 Å². The highest BCUT2D eigenvalue weighted by atomic mass is 16.2. The number of nitrogens with one attached hydrogen (secondary N) is 1. The van der Waals surface area contributed by atoms with Gasteiger partial charge < -0.3 is 11.1 Å². The molecule has 1 heterocycles. The summed E-state index contributed by atoms with van der Waals surface area (Å²) in [6.07, 6.45) is 3.01. The zero-order chi connectivity index (χ0) is 10.3. The number of rotatable bonds is 2. The lowest BCUT2D eigenvalue weighted by atomic mass is 9.98. The van der Waals surface area contributed by atoms with E-state index >= 15 is 0 Å². The average molecular weight is 196 g/mol. The molecule has 1 saturated carbocycles. The lowest BCUT2D eigenvalue weighted by molar-refractivity contribution is 0.242. The van der Waals surface area contributed by atoms with Crippen LogP contribution < -0.4 is 11.1 Å². The van der Waals surface area contributed by atoms with Crippen molar-refractivity contribution in [3.8, 4) is 0 Å². The maximum atomic E-state index is 10.6. The van der Waals surface area contributed by atoms with E-state index in [1.807, 2.05) is 18.3 Å². The first-order valence-corrected chi connectivity index (χ1v) is 4.92. The predicted molar refractivity (Wildman–Crippen MR) is 53.8 cm³/mol. The number of carbonyl (C=O) groups excluding carboxylic acids is 1. The number of carbonyl (C=O) groups is 1. The van der Waals surface area contributed by atoms with Crippen molar-refractivity contribution in [3.63, 3.8) is 0 Å². The smallest absolute Gasteiger partial charge is 0.312 e. The predicted octanol–water partition coefficient (Wildman–Crippen LogP) is -0.0209. The van der Waals surface area contributed by atoms with Gasteiger partial charge in [0, 0.05) is 25.2 Å². The maximum Gasteiger partial charge on any atom is 0.312 e. The molecule has 0 radical (unpaired) electrons. The zero-order valence-electron chi connectivity index (χ0n) is 8.47. The van der Waals surface area contributed by atoms with Crippen LogP contribution in [0.3, 0.4) is 0 Å². The average Bonchev–Trinajstić information content (AvgIpc) is 2.75. The molecule has 0 saturated heterocycles. The summed E-state index contributed by atoms with van der Waals surface area (Å²) in [6, 6.07) is 0.269. The van der Waals surface area contributed by atoms with Crippen molar-refractivity contribution in [1.82, 2.24) is 10.3 Å². The van der Waals surface area contributed by atoms with Crippen molar-refractivity contribution in [2.24, 2.45) is 22.7 Å². The second-order valence-electron chi connectivity index (χ2n) is 4.17. The molecule has 0 spiro atoms. The van der Waals surface area contributed by atoms with Crippen LogP contribution in [0.4, 0.5) is 4.79 Å². The van der Waals surface area contributed by atoms with E-state index < -0.39 is 6.03 Å². The molecule has 0 aromatic heterocycles. The van der Waals surface area contributed by atoms with E-state index in [9.17, 15) is 4.79 Å². The van der Waals surface area contributed by atoms with Gasteiger partial charge in [-0.1, -0.05) is 0 Å². The Hall–Kier alpha value is -1.26. The van der Waals surface area contributed by atoms with Gasteiger partial charge in [-0.25, -0.2) is 4.79 Å². The number of hydrogen-bond acceptors (Lipinski definition) is 3. The molecule has 5 nitrogen and oxygen atoms in total. The van der Waals surface area contributed by atoms with Crippen LogP contribution in [0, 0.1) is 11.8 Å². The molecule has 1 fully saturated rings. The van der Waals surface area contributed by atoms with Gasteiger partial charge in [0.2, 0.25) is 0 Å². The van der Waals surface area contributed by atoms with Crippen molar-refractivity contribution in [3.05, 3.63) is 0 Å². The number of primary amides is 1. The van der Waals surface area contributed by atoms with E-state index in [0.717, 1.165) is 6.42 Å². The molecule has 0 aromatic rings. The number of urea groups is 1. The molecule has 0 aromatic carbocycles. The maximum absolute atomic E-state index is 10.6. The fourth-order valence-corrected chi connectivity index (χ4v) is 2.12. The summed E-state index contributed by atoms with van der Waals surface area (Å²) in [5, 5.41) is 8.94. The Labute approximate surface area is 83.3 Å². The molecule has 78 valence electrons. The molecule has 4 atom stereocenters. The molecular weight excluding hydrogens is 180 g/mol. The summed E-state index contributed by atoms with van der Waals surface area (Å²) < 4.78 is 0. The van der Waals surface area contributed by atoms with Crippen molar-refractivity contribution in [2.75, 3.05) is 7.05 Å². The number of hydrogen-bond donors (Lipinski definition) is 2. The summed E-state index contributed by atoms with van der Waals surface area (Å²) in [5.74, 6) is 0.975. The van der Waals surface area contributed by atoms with Crippen molar-refractivity contribution < 1.29 is 4.79 Å². The Morgan fingerprint density at radius 3 is 2.93 bits per heavy atom. The Bertz CT molecular complexity index is 278. The molecule has 1 aliphatic carbocycles. The minimum atomic E-state index is -0.423. The Kier molecular flexibility index (Phi) is 2.09. The highest BCUT2D eigenvalue weighted by molar-refractivity contribution is 5.73. The van der Waals surface area contributed by atoms with E-state index in [1.165, 1.54) is 0 Å². The monoisotopic (exact) mass is 196 g/mol. The summed E-state index contributed by atoms with van der Waals surface area (Å²) in [4.78, 5) is 10.6. The van der Waals surface area contributed by atoms with Gasteiger partial charge in [-0.15, -0.1) is 0 Å². The van der Waals surface area contributed by atoms with E-state index in [-0.39, 0.29) is 6.04 Å². The van der Waals surface area contributed by atoms with Crippen LogP contribution in [-0.4, -0.2) is 36.4 Å². The van der Waals surface area contributed by atoms with Crippen LogP contribution in [0.5, 0.6) is 0 Å². The minimum absolute atomic E-state index is 0.262. The molecule has 3 N–H and O–H groups in total. The molecule has 5 heteroatoms. The summed E-state index contributed by atoms with van der Waals surface area (Å²) >= 11 is 0. The highest BCUT2D eigenvalue weighted by Gasteiger charge is 2.47. The van der Waals surface area contributed by atoms with Gasteiger partial charge in [0.1, 0.15) is 0 Å². The number of amides is 2. The third kappa shape index (κ3) is 1.54. The quantitative estimate of drug-likeness (QED) is 0.651. The first kappa shape index (κ1) is 9.30.